The summed E-state index contributed by atoms with van der Waals surface area (Å²) in [6.45, 7) is 2.62. The van der Waals surface area contributed by atoms with Crippen LogP contribution in [0.2, 0.25) is 0 Å². The van der Waals surface area contributed by atoms with Gasteiger partial charge in [-0.3, -0.25) is 4.79 Å². The molecule has 0 aliphatic rings. The van der Waals surface area contributed by atoms with Crippen LogP contribution in [0.1, 0.15) is 22.8 Å². The Kier molecular flexibility index (Phi) is 5.21. The maximum atomic E-state index is 13.9. The van der Waals surface area contributed by atoms with Gasteiger partial charge in [-0.25, -0.2) is 4.39 Å². The van der Waals surface area contributed by atoms with Crippen LogP contribution in [-0.2, 0) is 6.54 Å². The van der Waals surface area contributed by atoms with Crippen LogP contribution in [0.3, 0.4) is 0 Å². The van der Waals surface area contributed by atoms with Gasteiger partial charge in [0.2, 0.25) is 0 Å². The monoisotopic (exact) mass is 355 g/mol. The van der Waals surface area contributed by atoms with E-state index in [0.29, 0.717) is 23.4 Å². The molecular weight excluding hydrogens is 337 g/mol. The van der Waals surface area contributed by atoms with Crippen molar-refractivity contribution in [3.8, 4) is 11.4 Å². The Morgan fingerprint density at radius 3 is 2.73 bits per heavy atom. The van der Waals surface area contributed by atoms with E-state index in [0.717, 1.165) is 0 Å². The van der Waals surface area contributed by atoms with Gasteiger partial charge in [-0.1, -0.05) is 18.2 Å². The van der Waals surface area contributed by atoms with E-state index in [2.05, 4.69) is 15.5 Å². The average molecular weight is 355 g/mol. The number of rotatable bonds is 6. The predicted octanol–water partition coefficient (Wildman–Crippen LogP) is 2.47. The maximum Gasteiger partial charge on any atom is 0.256 e. The highest BCUT2D eigenvalue weighted by Gasteiger charge is 2.19. The van der Waals surface area contributed by atoms with Gasteiger partial charge in [-0.15, -0.1) is 5.10 Å². The number of nitrogens with zero attached hydrogens (tertiary/aromatic N) is 5. The summed E-state index contributed by atoms with van der Waals surface area (Å²) in [5.41, 5.74) is 1.73. The van der Waals surface area contributed by atoms with Crippen LogP contribution in [0, 0.1) is 5.82 Å². The van der Waals surface area contributed by atoms with Crippen molar-refractivity contribution in [2.75, 3.05) is 13.7 Å². The third-order valence-corrected chi connectivity index (χ3v) is 3.99. The molecule has 0 radical (unpaired) electrons. The van der Waals surface area contributed by atoms with E-state index in [4.69, 9.17) is 4.74 Å². The molecule has 1 heterocycles. The van der Waals surface area contributed by atoms with Gasteiger partial charge in [0, 0.05) is 13.1 Å². The minimum atomic E-state index is -0.456. The number of hydrogen-bond acceptors (Lipinski definition) is 5. The molecule has 0 spiro atoms. The second-order valence-electron chi connectivity index (χ2n) is 5.56. The van der Waals surface area contributed by atoms with Crippen LogP contribution in [0.15, 0.2) is 48.8 Å². The third-order valence-electron chi connectivity index (χ3n) is 3.99. The fraction of sp³-hybridized carbons (Fsp3) is 0.222. The Morgan fingerprint density at radius 2 is 2.08 bits per heavy atom. The van der Waals surface area contributed by atoms with Crippen LogP contribution >= 0.6 is 0 Å². The number of carbonyl (C=O) groups excluding carboxylic acids is 1. The fourth-order valence-corrected chi connectivity index (χ4v) is 2.65. The summed E-state index contributed by atoms with van der Waals surface area (Å²) < 4.78 is 20.3. The first-order chi connectivity index (χ1) is 12.6. The zero-order chi connectivity index (χ0) is 18.5. The summed E-state index contributed by atoms with van der Waals surface area (Å²) in [6, 6.07) is 11.7. The van der Waals surface area contributed by atoms with E-state index < -0.39 is 5.82 Å². The zero-order valence-corrected chi connectivity index (χ0v) is 14.5. The lowest BCUT2D eigenvalue weighted by molar-refractivity contribution is 0.0752. The molecule has 134 valence electrons. The molecule has 1 amide bonds. The lowest BCUT2D eigenvalue weighted by Crippen LogP contribution is -2.31. The molecule has 26 heavy (non-hydrogen) atoms. The molecule has 0 aliphatic heterocycles. The Balaban J connectivity index is 1.87. The van der Waals surface area contributed by atoms with Crippen molar-refractivity contribution in [1.82, 2.24) is 25.1 Å². The maximum absolute atomic E-state index is 13.9. The number of benzene rings is 2. The van der Waals surface area contributed by atoms with Crippen LogP contribution in [0.25, 0.3) is 5.69 Å². The van der Waals surface area contributed by atoms with E-state index in [1.807, 2.05) is 13.0 Å². The van der Waals surface area contributed by atoms with E-state index in [-0.39, 0.29) is 18.2 Å². The van der Waals surface area contributed by atoms with Gasteiger partial charge in [-0.05, 0) is 47.2 Å². The molecule has 0 bridgehead atoms. The molecule has 0 atom stereocenters. The normalized spacial score (nSPS) is 10.6. The first-order valence-corrected chi connectivity index (χ1v) is 8.08. The molecule has 0 aliphatic carbocycles. The Hall–Kier alpha value is -3.29. The number of amides is 1. The van der Waals surface area contributed by atoms with E-state index in [9.17, 15) is 9.18 Å². The minimum Gasteiger partial charge on any atom is -0.494 e. The molecule has 3 aromatic rings. The number of para-hydroxylation sites is 1. The van der Waals surface area contributed by atoms with E-state index in [1.165, 1.54) is 24.2 Å². The van der Waals surface area contributed by atoms with Gasteiger partial charge < -0.3 is 9.64 Å². The second kappa shape index (κ2) is 7.73. The second-order valence-corrected chi connectivity index (χ2v) is 5.56. The van der Waals surface area contributed by atoms with Gasteiger partial charge in [-0.2, -0.15) is 4.68 Å². The lowest BCUT2D eigenvalue weighted by Gasteiger charge is -2.22. The summed E-state index contributed by atoms with van der Waals surface area (Å²) in [5, 5.41) is 11.1. The van der Waals surface area contributed by atoms with E-state index >= 15 is 0 Å². The van der Waals surface area contributed by atoms with Gasteiger partial charge >= 0.3 is 0 Å². The summed E-state index contributed by atoms with van der Waals surface area (Å²) in [7, 11) is 1.41. The van der Waals surface area contributed by atoms with Crippen LogP contribution in [0.4, 0.5) is 4.39 Å². The van der Waals surface area contributed by atoms with Crippen molar-refractivity contribution in [3.05, 3.63) is 65.7 Å². The van der Waals surface area contributed by atoms with Gasteiger partial charge in [0.25, 0.3) is 5.91 Å². The largest absolute Gasteiger partial charge is 0.494 e. The number of hydrogen-bond donors (Lipinski definition) is 0. The highest BCUT2D eigenvalue weighted by atomic mass is 19.1. The number of tetrazole rings is 1. The number of aromatic nitrogens is 4. The minimum absolute atomic E-state index is 0.173. The van der Waals surface area contributed by atoms with Crippen LogP contribution in [0.5, 0.6) is 5.75 Å². The van der Waals surface area contributed by atoms with Crippen molar-refractivity contribution in [3.63, 3.8) is 0 Å². The highest BCUT2D eigenvalue weighted by molar-refractivity contribution is 5.97. The average Bonchev–Trinajstić information content (AvgIpc) is 3.20. The Bertz CT molecular complexity index is 898. The molecule has 0 saturated carbocycles. The number of carbonyl (C=O) groups is 1. The topological polar surface area (TPSA) is 73.1 Å². The summed E-state index contributed by atoms with van der Waals surface area (Å²) in [4.78, 5) is 14.7. The number of ether oxygens (including phenoxy) is 1. The summed E-state index contributed by atoms with van der Waals surface area (Å²) in [5.74, 6) is -0.468. The highest BCUT2D eigenvalue weighted by Crippen LogP contribution is 2.20. The molecule has 0 N–H and O–H groups in total. The van der Waals surface area contributed by atoms with Crippen molar-refractivity contribution >= 4 is 5.91 Å². The van der Waals surface area contributed by atoms with Crippen LogP contribution < -0.4 is 4.74 Å². The molecule has 0 unspecified atom stereocenters. The first-order valence-electron chi connectivity index (χ1n) is 8.08. The fourth-order valence-electron chi connectivity index (χ4n) is 2.65. The molecule has 1 aromatic heterocycles. The van der Waals surface area contributed by atoms with E-state index in [1.54, 1.807) is 35.2 Å². The molecule has 3 rings (SSSR count). The summed E-state index contributed by atoms with van der Waals surface area (Å²) in [6.07, 6.45) is 1.43. The predicted molar refractivity (Wildman–Crippen MR) is 92.5 cm³/mol. The number of methoxy groups -OCH3 is 1. The third kappa shape index (κ3) is 3.53. The lowest BCUT2D eigenvalue weighted by atomic mass is 10.1. The Morgan fingerprint density at radius 1 is 1.27 bits per heavy atom. The SMILES string of the molecule is CCN(Cc1ccc(OC)c(F)c1)C(=O)c1ccccc1-n1cnnn1. The van der Waals surface area contributed by atoms with Crippen molar-refractivity contribution in [2.24, 2.45) is 0 Å². The van der Waals surface area contributed by atoms with Gasteiger partial charge in [0.1, 0.15) is 6.33 Å². The quantitative estimate of drug-likeness (QED) is 0.679. The van der Waals surface area contributed by atoms with Gasteiger partial charge in [0.15, 0.2) is 11.6 Å². The molecule has 2 aromatic carbocycles. The van der Waals surface area contributed by atoms with Crippen molar-refractivity contribution in [1.29, 1.82) is 0 Å². The zero-order valence-electron chi connectivity index (χ0n) is 14.5. The smallest absolute Gasteiger partial charge is 0.256 e. The van der Waals surface area contributed by atoms with Crippen LogP contribution in [-0.4, -0.2) is 44.7 Å². The van der Waals surface area contributed by atoms with Crippen molar-refractivity contribution in [2.45, 2.75) is 13.5 Å². The van der Waals surface area contributed by atoms with Gasteiger partial charge in [0.05, 0.1) is 18.4 Å². The summed E-state index contributed by atoms with van der Waals surface area (Å²) >= 11 is 0. The van der Waals surface area contributed by atoms with Crippen molar-refractivity contribution < 1.29 is 13.9 Å². The Labute approximate surface area is 150 Å². The molecule has 0 fully saturated rings. The standard InChI is InChI=1S/C18H18FN5O2/c1-3-23(11-13-8-9-17(26-2)15(19)10-13)18(25)14-6-4-5-7-16(14)24-12-20-21-22-24/h4-10,12H,3,11H2,1-2H3. The molecule has 7 nitrogen and oxygen atoms in total. The molecule has 8 heteroatoms. The molecular formula is C18H18FN5O2. The first kappa shape index (κ1) is 17.5. The number of halogens is 1. The molecule has 0 saturated heterocycles.